The maximum absolute atomic E-state index is 10.5. The molecule has 2 aliphatic rings. The second-order valence-electron chi connectivity index (χ2n) is 7.25. The number of aliphatic carboxylic acids is 1. The molecule has 0 aromatic heterocycles. The van der Waals surface area contributed by atoms with Gasteiger partial charge in [-0.1, -0.05) is 38.3 Å². The summed E-state index contributed by atoms with van der Waals surface area (Å²) in [7, 11) is 0. The lowest BCUT2D eigenvalue weighted by atomic mass is 9.78. The highest BCUT2D eigenvalue weighted by Gasteiger charge is 2.47. The van der Waals surface area contributed by atoms with Crippen molar-refractivity contribution < 1.29 is 14.6 Å². The number of carbonyl (C=O) groups is 1. The smallest absolute Gasteiger partial charge is 0.303 e. The topological polar surface area (TPSA) is 46.5 Å². The highest BCUT2D eigenvalue weighted by Crippen LogP contribution is 2.46. The van der Waals surface area contributed by atoms with Gasteiger partial charge < -0.3 is 9.84 Å². The molecule has 2 aliphatic heterocycles. The number of hydrogen-bond donors (Lipinski definition) is 1. The normalized spacial score (nSPS) is 28.9. The maximum atomic E-state index is 10.5. The number of hydrogen-bond acceptors (Lipinski definition) is 3. The minimum atomic E-state index is -0.694. The molecule has 0 amide bonds. The van der Waals surface area contributed by atoms with E-state index in [9.17, 15) is 4.79 Å². The Balaban J connectivity index is 1.65. The zero-order chi connectivity index (χ0) is 17.2. The number of carboxylic acids is 1. The molecule has 3 nitrogen and oxygen atoms in total. The van der Waals surface area contributed by atoms with Crippen molar-refractivity contribution in [1.82, 2.24) is 0 Å². The van der Waals surface area contributed by atoms with E-state index in [4.69, 9.17) is 9.84 Å². The van der Waals surface area contributed by atoms with Crippen LogP contribution >= 0.6 is 11.8 Å². The van der Waals surface area contributed by atoms with Gasteiger partial charge in [-0.15, -0.1) is 0 Å². The Bertz CT molecular complexity index is 396. The van der Waals surface area contributed by atoms with E-state index in [2.05, 4.69) is 30.8 Å². The van der Waals surface area contributed by atoms with E-state index in [1.165, 1.54) is 50.0 Å². The largest absolute Gasteiger partial charge is 0.481 e. The quantitative estimate of drug-likeness (QED) is 0.360. The van der Waals surface area contributed by atoms with Crippen LogP contribution in [-0.4, -0.2) is 34.8 Å². The standard InChI is InChI=1S/C20H34O3S/c1-2-3-4-9-14-24-15-17-16(18-12-13-19(17)23-18)10-7-5-6-8-11-20(21)22/h5,7,16-19H,2-4,6,8-15H2,1H3,(H,21,22)/t16-,17+,18-,19+/m1/s1. The summed E-state index contributed by atoms with van der Waals surface area (Å²) in [6, 6.07) is 0. The Morgan fingerprint density at radius 2 is 1.92 bits per heavy atom. The van der Waals surface area contributed by atoms with E-state index in [0.717, 1.165) is 25.2 Å². The second kappa shape index (κ2) is 11.2. The van der Waals surface area contributed by atoms with Crippen LogP contribution < -0.4 is 0 Å². The summed E-state index contributed by atoms with van der Waals surface area (Å²) in [5, 5.41) is 8.66. The molecule has 0 radical (unpaired) electrons. The van der Waals surface area contributed by atoms with Gasteiger partial charge in [-0.3, -0.25) is 4.79 Å². The molecule has 2 rings (SSSR count). The predicted molar refractivity (Wildman–Crippen MR) is 102 cm³/mol. The molecule has 138 valence electrons. The van der Waals surface area contributed by atoms with Crippen LogP contribution in [0, 0.1) is 11.8 Å². The van der Waals surface area contributed by atoms with Crippen molar-refractivity contribution in [3.63, 3.8) is 0 Å². The van der Waals surface area contributed by atoms with E-state index in [0.29, 0.717) is 18.1 Å². The Labute approximate surface area is 151 Å². The first-order valence-electron chi connectivity index (χ1n) is 9.82. The first-order chi connectivity index (χ1) is 11.7. The Hall–Kier alpha value is -0.480. The van der Waals surface area contributed by atoms with Gasteiger partial charge in [0.1, 0.15) is 0 Å². The molecule has 4 atom stereocenters. The molecular weight excluding hydrogens is 320 g/mol. The summed E-state index contributed by atoms with van der Waals surface area (Å²) in [5.41, 5.74) is 0. The zero-order valence-corrected chi connectivity index (χ0v) is 15.9. The molecule has 0 aliphatic carbocycles. The van der Waals surface area contributed by atoms with Gasteiger partial charge in [0.05, 0.1) is 12.2 Å². The Morgan fingerprint density at radius 1 is 1.12 bits per heavy atom. The van der Waals surface area contributed by atoms with E-state index in [1.807, 2.05) is 0 Å². The second-order valence-corrected chi connectivity index (χ2v) is 8.40. The van der Waals surface area contributed by atoms with Crippen LogP contribution in [0.2, 0.25) is 0 Å². The molecule has 0 aromatic carbocycles. The van der Waals surface area contributed by atoms with Crippen molar-refractivity contribution in [2.24, 2.45) is 11.8 Å². The minimum absolute atomic E-state index is 0.277. The fraction of sp³-hybridized carbons (Fsp3) is 0.850. The summed E-state index contributed by atoms with van der Waals surface area (Å²) in [6.07, 6.45) is 16.3. The van der Waals surface area contributed by atoms with Crippen LogP contribution in [0.15, 0.2) is 12.2 Å². The number of unbranched alkanes of at least 4 members (excludes halogenated alkanes) is 4. The van der Waals surface area contributed by atoms with Gasteiger partial charge in [-0.05, 0) is 61.9 Å². The first kappa shape index (κ1) is 19.8. The number of rotatable bonds is 13. The average Bonchev–Trinajstić information content (AvgIpc) is 3.15. The van der Waals surface area contributed by atoms with Crippen molar-refractivity contribution >= 4 is 17.7 Å². The molecule has 4 heteroatoms. The molecule has 0 spiro atoms. The molecule has 0 saturated carbocycles. The van der Waals surface area contributed by atoms with Crippen molar-refractivity contribution in [2.45, 2.75) is 83.3 Å². The summed E-state index contributed by atoms with van der Waals surface area (Å²) in [4.78, 5) is 10.5. The summed E-state index contributed by atoms with van der Waals surface area (Å²) < 4.78 is 6.18. The average molecular weight is 355 g/mol. The van der Waals surface area contributed by atoms with E-state index < -0.39 is 5.97 Å². The van der Waals surface area contributed by atoms with Crippen LogP contribution in [0.25, 0.3) is 0 Å². The third-order valence-electron chi connectivity index (χ3n) is 5.38. The van der Waals surface area contributed by atoms with Crippen LogP contribution in [-0.2, 0) is 9.53 Å². The summed E-state index contributed by atoms with van der Waals surface area (Å²) >= 11 is 2.13. The molecule has 2 fully saturated rings. The van der Waals surface area contributed by atoms with Gasteiger partial charge in [-0.25, -0.2) is 0 Å². The monoisotopic (exact) mass is 354 g/mol. The van der Waals surface area contributed by atoms with Crippen molar-refractivity contribution in [3.05, 3.63) is 12.2 Å². The molecule has 24 heavy (non-hydrogen) atoms. The SMILES string of the molecule is CCCCCCSC[C@H]1[C@@H](CC=CCCCC(=O)O)[C@H]2CC[C@@H]1O2. The van der Waals surface area contributed by atoms with Gasteiger partial charge in [0.2, 0.25) is 0 Å². The molecule has 2 saturated heterocycles. The number of allylic oxidation sites excluding steroid dienone is 2. The van der Waals surface area contributed by atoms with Crippen LogP contribution in [0.5, 0.6) is 0 Å². The van der Waals surface area contributed by atoms with Crippen LogP contribution in [0.1, 0.15) is 71.1 Å². The van der Waals surface area contributed by atoms with Gasteiger partial charge in [0.15, 0.2) is 0 Å². The Kier molecular flexibility index (Phi) is 9.26. The van der Waals surface area contributed by atoms with E-state index in [1.54, 1.807) is 0 Å². The van der Waals surface area contributed by atoms with E-state index >= 15 is 0 Å². The number of carboxylic acid groups (broad SMARTS) is 1. The number of fused-ring (bicyclic) bond motifs is 2. The minimum Gasteiger partial charge on any atom is -0.481 e. The number of ether oxygens (including phenoxy) is 1. The molecule has 2 heterocycles. The van der Waals surface area contributed by atoms with Gasteiger partial charge in [0.25, 0.3) is 0 Å². The van der Waals surface area contributed by atoms with Crippen molar-refractivity contribution in [3.8, 4) is 0 Å². The molecule has 2 bridgehead atoms. The lowest BCUT2D eigenvalue weighted by Gasteiger charge is -2.27. The van der Waals surface area contributed by atoms with Crippen molar-refractivity contribution in [2.75, 3.05) is 11.5 Å². The number of thioether (sulfide) groups is 1. The molecule has 0 aromatic rings. The lowest BCUT2D eigenvalue weighted by molar-refractivity contribution is -0.137. The fourth-order valence-electron chi connectivity index (χ4n) is 4.02. The third kappa shape index (κ3) is 6.44. The van der Waals surface area contributed by atoms with Gasteiger partial charge in [-0.2, -0.15) is 11.8 Å². The van der Waals surface area contributed by atoms with Crippen molar-refractivity contribution in [1.29, 1.82) is 0 Å². The molecular formula is C20H34O3S. The highest BCUT2D eigenvalue weighted by atomic mass is 32.2. The fourth-order valence-corrected chi connectivity index (χ4v) is 5.33. The van der Waals surface area contributed by atoms with E-state index in [-0.39, 0.29) is 6.42 Å². The summed E-state index contributed by atoms with van der Waals surface area (Å²) in [6.45, 7) is 2.26. The van der Waals surface area contributed by atoms with Gasteiger partial charge in [0, 0.05) is 6.42 Å². The lowest BCUT2D eigenvalue weighted by Crippen LogP contribution is -2.28. The highest BCUT2D eigenvalue weighted by molar-refractivity contribution is 7.99. The summed E-state index contributed by atoms with van der Waals surface area (Å²) in [5.74, 6) is 3.27. The molecule has 1 N–H and O–H groups in total. The first-order valence-corrected chi connectivity index (χ1v) is 11.0. The maximum Gasteiger partial charge on any atom is 0.303 e. The van der Waals surface area contributed by atoms with Crippen LogP contribution in [0.3, 0.4) is 0 Å². The third-order valence-corrected chi connectivity index (χ3v) is 6.58. The zero-order valence-electron chi connectivity index (χ0n) is 15.1. The predicted octanol–water partition coefficient (Wildman–Crippen LogP) is 5.29. The van der Waals surface area contributed by atoms with Crippen LogP contribution in [0.4, 0.5) is 0 Å². The van der Waals surface area contributed by atoms with Gasteiger partial charge >= 0.3 is 5.97 Å². The molecule has 0 unspecified atom stereocenters. The Morgan fingerprint density at radius 3 is 2.67 bits per heavy atom.